The van der Waals surface area contributed by atoms with E-state index in [0.29, 0.717) is 0 Å². The van der Waals surface area contributed by atoms with Crippen LogP contribution in [0.5, 0.6) is 0 Å². The van der Waals surface area contributed by atoms with Crippen LogP contribution in [-0.4, -0.2) is 27.9 Å². The zero-order chi connectivity index (χ0) is 10.6. The molecule has 0 heterocycles. The molecule has 0 spiro atoms. The minimum atomic E-state index is -4.20. The van der Waals surface area contributed by atoms with Gasteiger partial charge in [-0.25, -0.2) is 0 Å². The molecule has 6 heteroatoms. The molecule has 1 saturated carbocycles. The summed E-state index contributed by atoms with van der Waals surface area (Å²) in [5.74, 6) is -0.537. The lowest BCUT2D eigenvalue weighted by atomic mass is 9.95. The van der Waals surface area contributed by atoms with E-state index < -0.39 is 19.7 Å². The van der Waals surface area contributed by atoms with Crippen molar-refractivity contribution in [3.05, 3.63) is 0 Å². The van der Waals surface area contributed by atoms with Gasteiger partial charge in [-0.2, -0.15) is 0 Å². The second kappa shape index (κ2) is 4.91. The van der Waals surface area contributed by atoms with Gasteiger partial charge in [-0.15, -0.1) is 0 Å². The Hall–Kier alpha value is -0.380. The number of carbonyl (C=O) groups excluding carboxylic acids is 1. The van der Waals surface area contributed by atoms with Gasteiger partial charge in [0, 0.05) is 6.04 Å². The van der Waals surface area contributed by atoms with E-state index in [4.69, 9.17) is 9.79 Å². The summed E-state index contributed by atoms with van der Waals surface area (Å²) in [4.78, 5) is 28.3. The molecule has 1 rings (SSSR count). The summed E-state index contributed by atoms with van der Waals surface area (Å²) < 4.78 is 10.5. The fraction of sp³-hybridized carbons (Fsp3) is 0.875. The van der Waals surface area contributed by atoms with Crippen molar-refractivity contribution in [2.24, 2.45) is 0 Å². The second-order valence-electron chi connectivity index (χ2n) is 3.73. The Morgan fingerprint density at radius 3 is 2.36 bits per heavy atom. The Kier molecular flexibility index (Phi) is 4.11. The Labute approximate surface area is 83.1 Å². The molecule has 0 unspecified atom stereocenters. The monoisotopic (exact) mass is 221 g/mol. The average molecular weight is 221 g/mol. The summed E-state index contributed by atoms with van der Waals surface area (Å²) in [6.45, 7) is 0. The van der Waals surface area contributed by atoms with Crippen molar-refractivity contribution in [1.82, 2.24) is 5.32 Å². The van der Waals surface area contributed by atoms with Crippen molar-refractivity contribution in [2.45, 2.75) is 38.1 Å². The molecule has 3 N–H and O–H groups in total. The molecule has 0 radical (unpaired) electrons. The number of amides is 1. The van der Waals surface area contributed by atoms with Gasteiger partial charge in [-0.05, 0) is 12.8 Å². The molecule has 0 atom stereocenters. The van der Waals surface area contributed by atoms with Gasteiger partial charge in [0.1, 0.15) is 6.16 Å². The molecule has 1 aliphatic carbocycles. The fourth-order valence-electron chi connectivity index (χ4n) is 1.71. The highest BCUT2D eigenvalue weighted by atomic mass is 31.2. The van der Waals surface area contributed by atoms with Crippen LogP contribution in [0.1, 0.15) is 32.1 Å². The maximum Gasteiger partial charge on any atom is 0.334 e. The molecule has 14 heavy (non-hydrogen) atoms. The Morgan fingerprint density at radius 1 is 1.29 bits per heavy atom. The van der Waals surface area contributed by atoms with Gasteiger partial charge >= 0.3 is 7.60 Å². The van der Waals surface area contributed by atoms with Gasteiger partial charge in [0.2, 0.25) is 5.91 Å². The average Bonchev–Trinajstić information content (AvgIpc) is 2.02. The summed E-state index contributed by atoms with van der Waals surface area (Å²) in [5.41, 5.74) is 0. The maximum absolute atomic E-state index is 11.1. The standard InChI is InChI=1S/C8H16NO4P/c10-8(6-14(11,12)13)9-7-4-2-1-3-5-7/h7H,1-6H2,(H,9,10)(H2,11,12,13). The lowest BCUT2D eigenvalue weighted by molar-refractivity contribution is -0.119. The summed E-state index contributed by atoms with van der Waals surface area (Å²) >= 11 is 0. The zero-order valence-corrected chi connectivity index (χ0v) is 8.87. The predicted octanol–water partition coefficient (Wildman–Crippen LogP) is 0.613. The van der Waals surface area contributed by atoms with Crippen LogP contribution in [0.3, 0.4) is 0 Å². The first-order valence-corrected chi connectivity index (χ1v) is 6.61. The van der Waals surface area contributed by atoms with Gasteiger partial charge in [0.25, 0.3) is 0 Å². The molecule has 1 amide bonds. The molecule has 0 aromatic rings. The van der Waals surface area contributed by atoms with Crippen LogP contribution in [0.25, 0.3) is 0 Å². The Bertz CT molecular complexity index is 244. The molecule has 0 bridgehead atoms. The van der Waals surface area contributed by atoms with E-state index >= 15 is 0 Å². The van der Waals surface area contributed by atoms with Crippen LogP contribution in [-0.2, 0) is 9.36 Å². The smallest absolute Gasteiger partial charge is 0.334 e. The summed E-state index contributed by atoms with van der Waals surface area (Å²) in [6.07, 6.45) is 4.51. The van der Waals surface area contributed by atoms with Crippen LogP contribution in [0, 0.1) is 0 Å². The molecule has 1 fully saturated rings. The van der Waals surface area contributed by atoms with Crippen LogP contribution in [0.15, 0.2) is 0 Å². The quantitative estimate of drug-likeness (QED) is 0.609. The number of hydrogen-bond acceptors (Lipinski definition) is 2. The Morgan fingerprint density at radius 2 is 1.86 bits per heavy atom. The fourth-order valence-corrected chi connectivity index (χ4v) is 2.17. The molecule has 0 aliphatic heterocycles. The van der Waals surface area contributed by atoms with E-state index in [-0.39, 0.29) is 6.04 Å². The molecular formula is C8H16NO4P. The number of nitrogens with one attached hydrogen (secondary N) is 1. The number of rotatable bonds is 3. The SMILES string of the molecule is O=C(CP(=O)(O)O)NC1CCCCC1. The van der Waals surface area contributed by atoms with Crippen LogP contribution in [0.2, 0.25) is 0 Å². The minimum Gasteiger partial charge on any atom is -0.353 e. The third kappa shape index (κ3) is 4.74. The molecular weight excluding hydrogens is 205 g/mol. The Balaban J connectivity index is 2.29. The highest BCUT2D eigenvalue weighted by molar-refractivity contribution is 7.52. The van der Waals surface area contributed by atoms with Gasteiger partial charge in [-0.1, -0.05) is 19.3 Å². The normalized spacial score (nSPS) is 19.3. The van der Waals surface area contributed by atoms with Crippen LogP contribution < -0.4 is 5.32 Å². The predicted molar refractivity (Wildman–Crippen MR) is 51.9 cm³/mol. The largest absolute Gasteiger partial charge is 0.353 e. The second-order valence-corrected chi connectivity index (χ2v) is 5.37. The van der Waals surface area contributed by atoms with Crippen molar-refractivity contribution < 1.29 is 19.1 Å². The van der Waals surface area contributed by atoms with Gasteiger partial charge in [0.15, 0.2) is 0 Å². The van der Waals surface area contributed by atoms with E-state index in [9.17, 15) is 9.36 Å². The van der Waals surface area contributed by atoms with E-state index in [0.717, 1.165) is 25.7 Å². The number of carbonyl (C=O) groups is 1. The lowest BCUT2D eigenvalue weighted by Crippen LogP contribution is -2.37. The molecule has 5 nitrogen and oxygen atoms in total. The first kappa shape index (κ1) is 11.7. The van der Waals surface area contributed by atoms with Gasteiger partial charge in [0.05, 0.1) is 0 Å². The van der Waals surface area contributed by atoms with Gasteiger partial charge in [-0.3, -0.25) is 9.36 Å². The van der Waals surface area contributed by atoms with Crippen molar-refractivity contribution >= 4 is 13.5 Å². The highest BCUT2D eigenvalue weighted by Gasteiger charge is 2.22. The third-order valence-electron chi connectivity index (χ3n) is 2.32. The van der Waals surface area contributed by atoms with E-state index in [1.165, 1.54) is 6.42 Å². The summed E-state index contributed by atoms with van der Waals surface area (Å²) in [7, 11) is -4.20. The van der Waals surface area contributed by atoms with E-state index in [1.54, 1.807) is 0 Å². The molecule has 82 valence electrons. The number of hydrogen-bond donors (Lipinski definition) is 3. The molecule has 0 aromatic heterocycles. The van der Waals surface area contributed by atoms with Gasteiger partial charge < -0.3 is 15.1 Å². The molecule has 0 saturated heterocycles. The van der Waals surface area contributed by atoms with E-state index in [1.807, 2.05) is 0 Å². The third-order valence-corrected chi connectivity index (χ3v) is 3.02. The van der Waals surface area contributed by atoms with Crippen molar-refractivity contribution in [3.63, 3.8) is 0 Å². The van der Waals surface area contributed by atoms with Crippen molar-refractivity contribution in [2.75, 3.05) is 6.16 Å². The van der Waals surface area contributed by atoms with Crippen LogP contribution in [0.4, 0.5) is 0 Å². The zero-order valence-electron chi connectivity index (χ0n) is 7.98. The summed E-state index contributed by atoms with van der Waals surface area (Å²) in [6, 6.07) is 0.114. The van der Waals surface area contributed by atoms with E-state index in [2.05, 4.69) is 5.32 Å². The topological polar surface area (TPSA) is 86.6 Å². The minimum absolute atomic E-state index is 0.114. The maximum atomic E-state index is 11.1. The van der Waals surface area contributed by atoms with Crippen molar-refractivity contribution in [1.29, 1.82) is 0 Å². The first-order chi connectivity index (χ1) is 6.47. The molecule has 0 aromatic carbocycles. The highest BCUT2D eigenvalue weighted by Crippen LogP contribution is 2.33. The van der Waals surface area contributed by atoms with Crippen molar-refractivity contribution in [3.8, 4) is 0 Å². The first-order valence-electron chi connectivity index (χ1n) is 4.81. The lowest BCUT2D eigenvalue weighted by Gasteiger charge is -2.22. The van der Waals surface area contributed by atoms with Crippen LogP contribution >= 0.6 is 7.60 Å². The molecule has 1 aliphatic rings. The summed E-state index contributed by atoms with van der Waals surface area (Å²) in [5, 5.41) is 2.64.